The van der Waals surface area contributed by atoms with Gasteiger partial charge in [0.15, 0.2) is 11.5 Å². The third-order valence-corrected chi connectivity index (χ3v) is 6.03. The quantitative estimate of drug-likeness (QED) is 0.641. The molecule has 1 aromatic heterocycles. The second-order valence-corrected chi connectivity index (χ2v) is 7.98. The number of ether oxygens (including phenoxy) is 2. The zero-order valence-electron chi connectivity index (χ0n) is 15.9. The van der Waals surface area contributed by atoms with E-state index in [1.807, 2.05) is 6.07 Å². The lowest BCUT2D eigenvalue weighted by atomic mass is 10.1. The first-order valence-electron chi connectivity index (χ1n) is 9.66. The van der Waals surface area contributed by atoms with Gasteiger partial charge in [0.1, 0.15) is 11.6 Å². The topological polar surface area (TPSA) is 50.7 Å². The molecule has 3 heterocycles. The SMILES string of the molecule is Fc1ccc(Cc2nsc(N3CCN(Cc4ccc5c(c4)OCO5)CC3)n2)cc1. The van der Waals surface area contributed by atoms with E-state index in [4.69, 9.17) is 14.5 Å². The highest BCUT2D eigenvalue weighted by Gasteiger charge is 2.21. The van der Waals surface area contributed by atoms with Gasteiger partial charge in [0, 0.05) is 50.7 Å². The molecule has 0 bridgehead atoms. The van der Waals surface area contributed by atoms with Crippen molar-refractivity contribution in [2.75, 3.05) is 37.9 Å². The highest BCUT2D eigenvalue weighted by Crippen LogP contribution is 2.33. The lowest BCUT2D eigenvalue weighted by Crippen LogP contribution is -2.45. The Kier molecular flexibility index (Phi) is 5.03. The summed E-state index contributed by atoms with van der Waals surface area (Å²) in [6.07, 6.45) is 0.626. The molecule has 0 radical (unpaired) electrons. The van der Waals surface area contributed by atoms with Gasteiger partial charge >= 0.3 is 0 Å². The lowest BCUT2D eigenvalue weighted by molar-refractivity contribution is 0.174. The van der Waals surface area contributed by atoms with Crippen LogP contribution in [0.1, 0.15) is 17.0 Å². The van der Waals surface area contributed by atoms with Crippen molar-refractivity contribution < 1.29 is 13.9 Å². The fourth-order valence-electron chi connectivity index (χ4n) is 3.62. The molecule has 1 saturated heterocycles. The Labute approximate surface area is 172 Å². The van der Waals surface area contributed by atoms with Crippen LogP contribution in [0.2, 0.25) is 0 Å². The maximum absolute atomic E-state index is 13.0. The van der Waals surface area contributed by atoms with Crippen LogP contribution >= 0.6 is 11.5 Å². The van der Waals surface area contributed by atoms with E-state index in [9.17, 15) is 4.39 Å². The Morgan fingerprint density at radius 3 is 2.52 bits per heavy atom. The van der Waals surface area contributed by atoms with Gasteiger partial charge < -0.3 is 14.4 Å². The molecular weight excluding hydrogens is 391 g/mol. The zero-order valence-corrected chi connectivity index (χ0v) is 16.7. The van der Waals surface area contributed by atoms with E-state index in [1.165, 1.54) is 29.2 Å². The number of fused-ring (bicyclic) bond motifs is 1. The van der Waals surface area contributed by atoms with E-state index in [0.29, 0.717) is 13.2 Å². The third kappa shape index (κ3) is 4.18. The Bertz CT molecular complexity index is 987. The van der Waals surface area contributed by atoms with Crippen LogP contribution in [0, 0.1) is 5.82 Å². The van der Waals surface area contributed by atoms with E-state index >= 15 is 0 Å². The van der Waals surface area contributed by atoms with Gasteiger partial charge in [-0.05, 0) is 35.4 Å². The molecule has 2 aliphatic heterocycles. The van der Waals surface area contributed by atoms with Gasteiger partial charge in [0.25, 0.3) is 0 Å². The molecule has 29 heavy (non-hydrogen) atoms. The van der Waals surface area contributed by atoms with E-state index < -0.39 is 0 Å². The van der Waals surface area contributed by atoms with E-state index in [0.717, 1.165) is 60.7 Å². The molecule has 2 aliphatic rings. The molecule has 8 heteroatoms. The van der Waals surface area contributed by atoms with Crippen molar-refractivity contribution in [3.8, 4) is 11.5 Å². The normalized spacial score (nSPS) is 16.4. The first-order valence-corrected chi connectivity index (χ1v) is 10.4. The Hall–Kier alpha value is -2.71. The van der Waals surface area contributed by atoms with Gasteiger partial charge in [0.2, 0.25) is 11.9 Å². The number of halogens is 1. The van der Waals surface area contributed by atoms with Crippen LogP contribution in [-0.4, -0.2) is 47.2 Å². The van der Waals surface area contributed by atoms with Gasteiger partial charge in [-0.2, -0.15) is 4.37 Å². The van der Waals surface area contributed by atoms with Crippen LogP contribution in [0.15, 0.2) is 42.5 Å². The standard InChI is InChI=1S/C21H21FN4O2S/c22-17-4-1-15(2-5-17)12-20-23-21(29-24-20)26-9-7-25(8-10-26)13-16-3-6-18-19(11-16)28-14-27-18/h1-6,11H,7-10,12-14H2. The van der Waals surface area contributed by atoms with Crippen molar-refractivity contribution in [1.29, 1.82) is 0 Å². The predicted molar refractivity (Wildman–Crippen MR) is 109 cm³/mol. The van der Waals surface area contributed by atoms with Crippen molar-refractivity contribution in [1.82, 2.24) is 14.3 Å². The van der Waals surface area contributed by atoms with Crippen LogP contribution < -0.4 is 14.4 Å². The third-order valence-electron chi connectivity index (χ3n) is 5.22. The number of piperazine rings is 1. The largest absolute Gasteiger partial charge is 0.454 e. The molecule has 0 unspecified atom stereocenters. The molecule has 0 spiro atoms. The van der Waals surface area contributed by atoms with Crippen LogP contribution in [0.5, 0.6) is 11.5 Å². The maximum Gasteiger partial charge on any atom is 0.231 e. The molecule has 3 aromatic rings. The number of nitrogens with zero attached hydrogens (tertiary/aromatic N) is 4. The Balaban J connectivity index is 1.16. The number of benzene rings is 2. The summed E-state index contributed by atoms with van der Waals surface area (Å²) < 4.78 is 28.4. The van der Waals surface area contributed by atoms with Crippen molar-refractivity contribution in [2.45, 2.75) is 13.0 Å². The summed E-state index contributed by atoms with van der Waals surface area (Å²) >= 11 is 1.44. The summed E-state index contributed by atoms with van der Waals surface area (Å²) in [5.74, 6) is 2.23. The summed E-state index contributed by atoms with van der Waals surface area (Å²) in [5.41, 5.74) is 2.25. The first-order chi connectivity index (χ1) is 14.2. The van der Waals surface area contributed by atoms with E-state index in [-0.39, 0.29) is 5.82 Å². The van der Waals surface area contributed by atoms with Gasteiger partial charge in [-0.25, -0.2) is 9.37 Å². The minimum Gasteiger partial charge on any atom is -0.454 e. The maximum atomic E-state index is 13.0. The summed E-state index contributed by atoms with van der Waals surface area (Å²) in [4.78, 5) is 9.42. The van der Waals surface area contributed by atoms with Crippen molar-refractivity contribution in [3.63, 3.8) is 0 Å². The minimum atomic E-state index is -0.223. The van der Waals surface area contributed by atoms with Crippen LogP contribution in [0.25, 0.3) is 0 Å². The number of anilines is 1. The summed E-state index contributed by atoms with van der Waals surface area (Å²) in [7, 11) is 0. The molecule has 5 rings (SSSR count). The molecule has 0 atom stereocenters. The molecule has 0 N–H and O–H groups in total. The van der Waals surface area contributed by atoms with Crippen LogP contribution in [0.4, 0.5) is 9.52 Å². The molecular formula is C21H21FN4O2S. The van der Waals surface area contributed by atoms with Gasteiger partial charge in [-0.15, -0.1) is 0 Å². The molecule has 1 fully saturated rings. The number of aromatic nitrogens is 2. The summed E-state index contributed by atoms with van der Waals surface area (Å²) in [6, 6.07) is 12.7. The second-order valence-electron chi connectivity index (χ2n) is 7.25. The van der Waals surface area contributed by atoms with Gasteiger partial charge in [0.05, 0.1) is 0 Å². The molecule has 150 valence electrons. The van der Waals surface area contributed by atoms with Crippen molar-refractivity contribution in [2.24, 2.45) is 0 Å². The highest BCUT2D eigenvalue weighted by atomic mass is 32.1. The molecule has 0 saturated carbocycles. The zero-order chi connectivity index (χ0) is 19.6. The summed E-state index contributed by atoms with van der Waals surface area (Å²) in [5, 5.41) is 0.963. The van der Waals surface area contributed by atoms with E-state index in [1.54, 1.807) is 12.1 Å². The molecule has 0 amide bonds. The molecule has 0 aliphatic carbocycles. The minimum absolute atomic E-state index is 0.223. The lowest BCUT2D eigenvalue weighted by Gasteiger charge is -2.34. The molecule has 2 aromatic carbocycles. The predicted octanol–water partition coefficient (Wildman–Crippen LogP) is 3.32. The molecule has 6 nitrogen and oxygen atoms in total. The first kappa shape index (κ1) is 18.3. The number of hydrogen-bond acceptors (Lipinski definition) is 7. The number of rotatable bonds is 5. The van der Waals surface area contributed by atoms with Crippen molar-refractivity contribution in [3.05, 3.63) is 65.2 Å². The Morgan fingerprint density at radius 2 is 1.69 bits per heavy atom. The summed E-state index contributed by atoms with van der Waals surface area (Å²) in [6.45, 7) is 5.01. The second kappa shape index (κ2) is 7.96. The van der Waals surface area contributed by atoms with Crippen molar-refractivity contribution >= 4 is 16.7 Å². The monoisotopic (exact) mass is 412 g/mol. The van der Waals surface area contributed by atoms with Gasteiger partial charge in [-0.1, -0.05) is 18.2 Å². The number of hydrogen-bond donors (Lipinski definition) is 0. The highest BCUT2D eigenvalue weighted by molar-refractivity contribution is 7.09. The fraction of sp³-hybridized carbons (Fsp3) is 0.333. The average molecular weight is 412 g/mol. The average Bonchev–Trinajstić information content (AvgIpc) is 3.39. The fourth-order valence-corrected chi connectivity index (χ4v) is 4.36. The van der Waals surface area contributed by atoms with E-state index in [2.05, 4.69) is 26.3 Å². The van der Waals surface area contributed by atoms with Gasteiger partial charge in [-0.3, -0.25) is 4.90 Å². The Morgan fingerprint density at radius 1 is 0.931 bits per heavy atom. The van der Waals surface area contributed by atoms with Crippen LogP contribution in [-0.2, 0) is 13.0 Å². The smallest absolute Gasteiger partial charge is 0.231 e. The van der Waals surface area contributed by atoms with Crippen LogP contribution in [0.3, 0.4) is 0 Å².